The monoisotopic (exact) mass is 295 g/mol. The highest BCUT2D eigenvalue weighted by Crippen LogP contribution is 2.32. The van der Waals surface area contributed by atoms with Gasteiger partial charge in [0, 0.05) is 16.8 Å². The minimum absolute atomic E-state index is 0.101. The SMILES string of the molecule is CSC1=C(Nc2ccccc2)C(=O)c2ccccc2C1=O. The van der Waals surface area contributed by atoms with Crippen molar-refractivity contribution in [1.29, 1.82) is 0 Å². The number of allylic oxidation sites excluding steroid dienone is 2. The Balaban J connectivity index is 2.09. The third kappa shape index (κ3) is 2.38. The molecule has 0 bridgehead atoms. The zero-order valence-electron chi connectivity index (χ0n) is 11.4. The maximum atomic E-state index is 12.7. The highest BCUT2D eigenvalue weighted by atomic mass is 32.2. The summed E-state index contributed by atoms with van der Waals surface area (Å²) in [5, 5.41) is 3.09. The standard InChI is InChI=1S/C17H13NO2S/c1-21-17-14(18-11-7-3-2-4-8-11)15(19)12-9-5-6-10-13(12)16(17)20/h2-10,18H,1H3. The molecule has 2 aromatic rings. The van der Waals surface area contributed by atoms with Gasteiger partial charge >= 0.3 is 0 Å². The average molecular weight is 295 g/mol. The van der Waals surface area contributed by atoms with Gasteiger partial charge in [0.15, 0.2) is 0 Å². The summed E-state index contributed by atoms with van der Waals surface area (Å²) in [6, 6.07) is 16.3. The van der Waals surface area contributed by atoms with Crippen molar-refractivity contribution in [2.45, 2.75) is 0 Å². The maximum absolute atomic E-state index is 12.7. The Labute approximate surface area is 127 Å². The smallest absolute Gasteiger partial charge is 0.211 e. The van der Waals surface area contributed by atoms with E-state index in [9.17, 15) is 9.59 Å². The number of hydrogen-bond donors (Lipinski definition) is 1. The predicted molar refractivity (Wildman–Crippen MR) is 85.7 cm³/mol. The number of nitrogens with one attached hydrogen (secondary N) is 1. The fourth-order valence-corrected chi connectivity index (χ4v) is 2.97. The molecular formula is C17H13NO2S. The molecule has 1 aliphatic rings. The van der Waals surface area contributed by atoms with Gasteiger partial charge in [0.05, 0.1) is 4.91 Å². The summed E-state index contributed by atoms with van der Waals surface area (Å²) in [7, 11) is 0. The Kier molecular flexibility index (Phi) is 3.62. The first-order valence-electron chi connectivity index (χ1n) is 6.51. The van der Waals surface area contributed by atoms with Gasteiger partial charge in [-0.25, -0.2) is 0 Å². The summed E-state index contributed by atoms with van der Waals surface area (Å²) in [6.07, 6.45) is 1.81. The lowest BCUT2D eigenvalue weighted by molar-refractivity contribution is 0.0982. The second-order valence-corrected chi connectivity index (χ2v) is 5.42. The lowest BCUT2D eigenvalue weighted by atomic mass is 9.92. The number of rotatable bonds is 3. The predicted octanol–water partition coefficient (Wildman–Crippen LogP) is 3.75. The van der Waals surface area contributed by atoms with Crippen LogP contribution in [-0.4, -0.2) is 17.8 Å². The highest BCUT2D eigenvalue weighted by Gasteiger charge is 2.31. The second-order valence-electron chi connectivity index (χ2n) is 4.60. The van der Waals surface area contributed by atoms with Crippen LogP contribution in [0.4, 0.5) is 5.69 Å². The number of carbonyl (C=O) groups excluding carboxylic acids is 2. The Morgan fingerprint density at radius 3 is 2.00 bits per heavy atom. The Morgan fingerprint density at radius 1 is 0.810 bits per heavy atom. The number of para-hydroxylation sites is 1. The van der Waals surface area contributed by atoms with Gasteiger partial charge in [-0.1, -0.05) is 42.5 Å². The molecule has 0 aliphatic heterocycles. The summed E-state index contributed by atoms with van der Waals surface area (Å²) < 4.78 is 0. The van der Waals surface area contributed by atoms with Gasteiger partial charge in [-0.2, -0.15) is 0 Å². The first-order chi connectivity index (χ1) is 10.2. The van der Waals surface area contributed by atoms with E-state index in [0.29, 0.717) is 21.7 Å². The number of fused-ring (bicyclic) bond motifs is 1. The van der Waals surface area contributed by atoms with Crippen LogP contribution in [0.25, 0.3) is 0 Å². The van der Waals surface area contributed by atoms with Crippen LogP contribution in [-0.2, 0) is 0 Å². The first-order valence-corrected chi connectivity index (χ1v) is 7.73. The topological polar surface area (TPSA) is 46.2 Å². The fourth-order valence-electron chi connectivity index (χ4n) is 2.33. The summed E-state index contributed by atoms with van der Waals surface area (Å²) in [5.41, 5.74) is 2.08. The van der Waals surface area contributed by atoms with Crippen molar-refractivity contribution in [2.24, 2.45) is 0 Å². The normalized spacial score (nSPS) is 14.1. The van der Waals surface area contributed by atoms with Crippen LogP contribution in [0.5, 0.6) is 0 Å². The Hall–Kier alpha value is -2.33. The molecule has 4 heteroatoms. The molecule has 0 radical (unpaired) electrons. The van der Waals surface area contributed by atoms with E-state index in [2.05, 4.69) is 5.32 Å². The molecule has 104 valence electrons. The lowest BCUT2D eigenvalue weighted by Gasteiger charge is -2.20. The molecule has 1 N–H and O–H groups in total. The number of Topliss-reactive ketones (excluding diaryl/α,β-unsaturated/α-hetero) is 2. The molecule has 1 aliphatic carbocycles. The quantitative estimate of drug-likeness (QED) is 0.936. The molecule has 21 heavy (non-hydrogen) atoms. The van der Waals surface area contributed by atoms with Crippen LogP contribution in [0, 0.1) is 0 Å². The molecule has 3 rings (SSSR count). The molecule has 0 unspecified atom stereocenters. The Morgan fingerprint density at radius 2 is 1.38 bits per heavy atom. The molecule has 0 saturated carbocycles. The van der Waals surface area contributed by atoms with Gasteiger partial charge in [-0.15, -0.1) is 11.8 Å². The molecule has 0 aromatic heterocycles. The van der Waals surface area contributed by atoms with Gasteiger partial charge in [0.2, 0.25) is 11.6 Å². The van der Waals surface area contributed by atoms with Crippen LogP contribution in [0.1, 0.15) is 20.7 Å². The van der Waals surface area contributed by atoms with E-state index < -0.39 is 0 Å². The van der Waals surface area contributed by atoms with Crippen LogP contribution in [0.3, 0.4) is 0 Å². The maximum Gasteiger partial charge on any atom is 0.211 e. The van der Waals surface area contributed by atoms with Gasteiger partial charge < -0.3 is 5.32 Å². The molecule has 0 fully saturated rings. The van der Waals surface area contributed by atoms with Crippen molar-refractivity contribution in [3.8, 4) is 0 Å². The number of benzene rings is 2. The van der Waals surface area contributed by atoms with Crippen molar-refractivity contribution in [3.63, 3.8) is 0 Å². The number of thioether (sulfide) groups is 1. The Bertz CT molecular complexity index is 750. The van der Waals surface area contributed by atoms with E-state index in [1.54, 1.807) is 30.5 Å². The van der Waals surface area contributed by atoms with Crippen LogP contribution >= 0.6 is 11.8 Å². The molecule has 0 atom stereocenters. The van der Waals surface area contributed by atoms with Crippen LogP contribution in [0.15, 0.2) is 65.2 Å². The number of carbonyl (C=O) groups is 2. The molecule has 0 amide bonds. The number of ketones is 2. The van der Waals surface area contributed by atoms with Crippen molar-refractivity contribution >= 4 is 29.0 Å². The molecule has 0 heterocycles. The van der Waals surface area contributed by atoms with Gasteiger partial charge in [0.1, 0.15) is 5.70 Å². The molecule has 0 saturated heterocycles. The molecular weight excluding hydrogens is 282 g/mol. The van der Waals surface area contributed by atoms with Crippen molar-refractivity contribution in [1.82, 2.24) is 0 Å². The summed E-state index contributed by atoms with van der Waals surface area (Å²) in [5.74, 6) is -0.241. The van der Waals surface area contributed by atoms with Gasteiger partial charge in [-0.05, 0) is 18.4 Å². The zero-order valence-corrected chi connectivity index (χ0v) is 12.2. The molecule has 2 aromatic carbocycles. The third-order valence-corrected chi connectivity index (χ3v) is 4.12. The molecule has 0 spiro atoms. The minimum Gasteiger partial charge on any atom is -0.351 e. The molecule has 3 nitrogen and oxygen atoms in total. The van der Waals surface area contributed by atoms with E-state index in [0.717, 1.165) is 5.69 Å². The minimum atomic E-state index is -0.140. The van der Waals surface area contributed by atoms with E-state index in [1.807, 2.05) is 30.3 Å². The number of hydrogen-bond acceptors (Lipinski definition) is 4. The van der Waals surface area contributed by atoms with E-state index >= 15 is 0 Å². The van der Waals surface area contributed by atoms with Crippen molar-refractivity contribution < 1.29 is 9.59 Å². The van der Waals surface area contributed by atoms with E-state index in [-0.39, 0.29) is 11.6 Å². The highest BCUT2D eigenvalue weighted by molar-refractivity contribution is 8.03. The van der Waals surface area contributed by atoms with E-state index in [1.165, 1.54) is 11.8 Å². The summed E-state index contributed by atoms with van der Waals surface area (Å²) in [6.45, 7) is 0. The summed E-state index contributed by atoms with van der Waals surface area (Å²) >= 11 is 1.30. The second kappa shape index (κ2) is 5.58. The first kappa shape index (κ1) is 13.6. The number of anilines is 1. The summed E-state index contributed by atoms with van der Waals surface area (Å²) in [4.78, 5) is 25.6. The van der Waals surface area contributed by atoms with Crippen LogP contribution in [0.2, 0.25) is 0 Å². The van der Waals surface area contributed by atoms with E-state index in [4.69, 9.17) is 0 Å². The third-order valence-electron chi connectivity index (χ3n) is 3.32. The van der Waals surface area contributed by atoms with Crippen molar-refractivity contribution in [3.05, 3.63) is 76.3 Å². The van der Waals surface area contributed by atoms with Gasteiger partial charge in [-0.3, -0.25) is 9.59 Å². The van der Waals surface area contributed by atoms with Crippen LogP contribution < -0.4 is 5.32 Å². The zero-order chi connectivity index (χ0) is 14.8. The largest absolute Gasteiger partial charge is 0.351 e. The average Bonchev–Trinajstić information content (AvgIpc) is 2.54. The van der Waals surface area contributed by atoms with Crippen molar-refractivity contribution in [2.75, 3.05) is 11.6 Å². The fraction of sp³-hybridized carbons (Fsp3) is 0.0588. The van der Waals surface area contributed by atoms with Gasteiger partial charge in [0.25, 0.3) is 0 Å². The lowest BCUT2D eigenvalue weighted by Crippen LogP contribution is -2.24.